The van der Waals surface area contributed by atoms with Gasteiger partial charge >= 0.3 is 0 Å². The summed E-state index contributed by atoms with van der Waals surface area (Å²) in [5.41, 5.74) is 2.53. The Morgan fingerprint density at radius 3 is 2.59 bits per heavy atom. The highest BCUT2D eigenvalue weighted by atomic mass is 16.5. The number of nitrogens with one attached hydrogen (secondary N) is 1. The molecule has 7 nitrogen and oxygen atoms in total. The van der Waals surface area contributed by atoms with E-state index in [9.17, 15) is 0 Å². The van der Waals surface area contributed by atoms with E-state index in [-0.39, 0.29) is 0 Å². The van der Waals surface area contributed by atoms with E-state index in [0.29, 0.717) is 5.92 Å². The molecular formula is C25H34N4O3. The Hall–Kier alpha value is -2.93. The Morgan fingerprint density at radius 1 is 1.06 bits per heavy atom. The van der Waals surface area contributed by atoms with Gasteiger partial charge in [0.05, 0.1) is 20.8 Å². The molecule has 2 aliphatic rings. The Bertz CT molecular complexity index is 925. The SMILES string of the molecule is CN=C(NCC1CCOc2ccccc21)N1CCN(Cc2ccc(OC)c(OC)c2)CC1. The molecule has 1 fully saturated rings. The molecule has 0 aromatic heterocycles. The summed E-state index contributed by atoms with van der Waals surface area (Å²) < 4.78 is 16.6. The maximum atomic E-state index is 5.80. The second-order valence-corrected chi connectivity index (χ2v) is 8.25. The van der Waals surface area contributed by atoms with Crippen molar-refractivity contribution in [3.05, 3.63) is 53.6 Å². The third-order valence-electron chi connectivity index (χ3n) is 6.33. The minimum Gasteiger partial charge on any atom is -0.493 e. The summed E-state index contributed by atoms with van der Waals surface area (Å²) in [6.45, 7) is 6.45. The van der Waals surface area contributed by atoms with Gasteiger partial charge in [0, 0.05) is 52.2 Å². The lowest BCUT2D eigenvalue weighted by molar-refractivity contribution is 0.172. The van der Waals surface area contributed by atoms with Crippen LogP contribution in [0.15, 0.2) is 47.5 Å². The monoisotopic (exact) mass is 438 g/mol. The number of guanidine groups is 1. The maximum Gasteiger partial charge on any atom is 0.193 e. The number of ether oxygens (including phenoxy) is 3. The van der Waals surface area contributed by atoms with Gasteiger partial charge in [-0.2, -0.15) is 0 Å². The van der Waals surface area contributed by atoms with Gasteiger partial charge in [-0.1, -0.05) is 24.3 Å². The first-order chi connectivity index (χ1) is 15.7. The maximum absolute atomic E-state index is 5.80. The molecular weight excluding hydrogens is 404 g/mol. The fourth-order valence-corrected chi connectivity index (χ4v) is 4.53. The van der Waals surface area contributed by atoms with E-state index in [1.54, 1.807) is 14.2 Å². The first kappa shape index (κ1) is 22.3. The van der Waals surface area contributed by atoms with Crippen molar-refractivity contribution in [1.82, 2.24) is 15.1 Å². The third-order valence-corrected chi connectivity index (χ3v) is 6.33. The molecule has 1 N–H and O–H groups in total. The second-order valence-electron chi connectivity index (χ2n) is 8.25. The number of nitrogens with zero attached hydrogens (tertiary/aromatic N) is 3. The average Bonchev–Trinajstić information content (AvgIpc) is 2.85. The molecule has 4 rings (SSSR count). The highest BCUT2D eigenvalue weighted by Gasteiger charge is 2.24. The molecule has 7 heteroatoms. The van der Waals surface area contributed by atoms with Crippen molar-refractivity contribution in [2.45, 2.75) is 18.9 Å². The van der Waals surface area contributed by atoms with Crippen LogP contribution in [0.4, 0.5) is 0 Å². The lowest BCUT2D eigenvalue weighted by Gasteiger charge is -2.37. The molecule has 2 aromatic rings. The molecule has 172 valence electrons. The van der Waals surface area contributed by atoms with Crippen LogP contribution in [-0.4, -0.2) is 76.4 Å². The highest BCUT2D eigenvalue weighted by Crippen LogP contribution is 2.33. The lowest BCUT2D eigenvalue weighted by atomic mass is 9.93. The second kappa shape index (κ2) is 10.6. The van der Waals surface area contributed by atoms with Crippen LogP contribution < -0.4 is 19.5 Å². The molecule has 32 heavy (non-hydrogen) atoms. The summed E-state index contributed by atoms with van der Waals surface area (Å²) >= 11 is 0. The highest BCUT2D eigenvalue weighted by molar-refractivity contribution is 5.80. The fourth-order valence-electron chi connectivity index (χ4n) is 4.53. The van der Waals surface area contributed by atoms with E-state index in [0.717, 1.165) is 75.5 Å². The van der Waals surface area contributed by atoms with Gasteiger partial charge in [0.15, 0.2) is 17.5 Å². The normalized spacial score (nSPS) is 19.2. The molecule has 1 saturated heterocycles. The third kappa shape index (κ3) is 5.10. The van der Waals surface area contributed by atoms with Gasteiger partial charge in [-0.25, -0.2) is 0 Å². The molecule has 0 spiro atoms. The smallest absolute Gasteiger partial charge is 0.193 e. The number of rotatable bonds is 6. The van der Waals surface area contributed by atoms with Crippen LogP contribution in [0, 0.1) is 0 Å². The Morgan fingerprint density at radius 2 is 1.84 bits per heavy atom. The van der Waals surface area contributed by atoms with Crippen LogP contribution in [0.5, 0.6) is 17.2 Å². The first-order valence-corrected chi connectivity index (χ1v) is 11.3. The van der Waals surface area contributed by atoms with Gasteiger partial charge in [0.2, 0.25) is 0 Å². The molecule has 2 aliphatic heterocycles. The van der Waals surface area contributed by atoms with Crippen molar-refractivity contribution in [3.63, 3.8) is 0 Å². The van der Waals surface area contributed by atoms with Gasteiger partial charge in [-0.05, 0) is 35.7 Å². The topological polar surface area (TPSA) is 58.6 Å². The molecule has 0 saturated carbocycles. The standard InChI is InChI=1S/C25H34N4O3/c1-26-25(27-17-20-10-15-32-22-7-5-4-6-21(20)22)29-13-11-28(12-14-29)18-19-8-9-23(30-2)24(16-19)31-3/h4-9,16,20H,10-15,17-18H2,1-3H3,(H,26,27). The predicted octanol–water partition coefficient (Wildman–Crippen LogP) is 2.96. The molecule has 0 bridgehead atoms. The Kier molecular flexibility index (Phi) is 7.37. The molecule has 0 radical (unpaired) electrons. The number of methoxy groups -OCH3 is 2. The largest absolute Gasteiger partial charge is 0.493 e. The summed E-state index contributed by atoms with van der Waals surface area (Å²) in [5.74, 6) is 4.00. The summed E-state index contributed by atoms with van der Waals surface area (Å²) in [6.07, 6.45) is 1.03. The molecule has 2 aromatic carbocycles. The quantitative estimate of drug-likeness (QED) is 0.553. The molecule has 2 heterocycles. The van der Waals surface area contributed by atoms with Gasteiger partial charge in [-0.3, -0.25) is 9.89 Å². The van der Waals surface area contributed by atoms with Gasteiger partial charge in [-0.15, -0.1) is 0 Å². The van der Waals surface area contributed by atoms with Crippen LogP contribution >= 0.6 is 0 Å². The minimum atomic E-state index is 0.447. The zero-order valence-corrected chi connectivity index (χ0v) is 19.3. The zero-order valence-electron chi connectivity index (χ0n) is 19.3. The minimum absolute atomic E-state index is 0.447. The summed E-state index contributed by atoms with van der Waals surface area (Å²) in [4.78, 5) is 9.38. The molecule has 0 aliphatic carbocycles. The summed E-state index contributed by atoms with van der Waals surface area (Å²) in [7, 11) is 5.21. The number of aliphatic imine (C=N–C) groups is 1. The number of fused-ring (bicyclic) bond motifs is 1. The number of hydrogen-bond donors (Lipinski definition) is 1. The summed E-state index contributed by atoms with van der Waals surface area (Å²) in [5, 5.41) is 3.61. The van der Waals surface area contributed by atoms with Crippen LogP contribution in [0.3, 0.4) is 0 Å². The average molecular weight is 439 g/mol. The number of para-hydroxylation sites is 1. The van der Waals surface area contributed by atoms with E-state index < -0.39 is 0 Å². The predicted molar refractivity (Wildman–Crippen MR) is 127 cm³/mol. The van der Waals surface area contributed by atoms with Crippen LogP contribution in [0.25, 0.3) is 0 Å². The van der Waals surface area contributed by atoms with Crippen LogP contribution in [-0.2, 0) is 6.54 Å². The van der Waals surface area contributed by atoms with Crippen molar-refractivity contribution >= 4 is 5.96 Å². The molecule has 0 amide bonds. The van der Waals surface area contributed by atoms with E-state index in [2.05, 4.69) is 50.4 Å². The number of benzene rings is 2. The Labute approximate surface area is 191 Å². The van der Waals surface area contributed by atoms with Crippen molar-refractivity contribution in [2.75, 3.05) is 60.6 Å². The van der Waals surface area contributed by atoms with E-state index in [1.165, 1.54) is 11.1 Å². The van der Waals surface area contributed by atoms with Crippen molar-refractivity contribution in [3.8, 4) is 17.2 Å². The van der Waals surface area contributed by atoms with Gasteiger partial charge in [0.1, 0.15) is 5.75 Å². The van der Waals surface area contributed by atoms with Crippen LogP contribution in [0.1, 0.15) is 23.5 Å². The van der Waals surface area contributed by atoms with E-state index in [1.807, 2.05) is 19.2 Å². The van der Waals surface area contributed by atoms with Crippen molar-refractivity contribution in [1.29, 1.82) is 0 Å². The van der Waals surface area contributed by atoms with Gasteiger partial charge < -0.3 is 24.4 Å². The van der Waals surface area contributed by atoms with Crippen molar-refractivity contribution < 1.29 is 14.2 Å². The Balaban J connectivity index is 1.29. The molecule has 1 atom stereocenters. The first-order valence-electron chi connectivity index (χ1n) is 11.3. The van der Waals surface area contributed by atoms with Crippen molar-refractivity contribution in [2.24, 2.45) is 4.99 Å². The summed E-state index contributed by atoms with van der Waals surface area (Å²) in [6, 6.07) is 14.5. The number of piperazine rings is 1. The zero-order chi connectivity index (χ0) is 22.3. The van der Waals surface area contributed by atoms with Crippen LogP contribution in [0.2, 0.25) is 0 Å². The number of hydrogen-bond acceptors (Lipinski definition) is 5. The molecule has 1 unspecified atom stereocenters. The van der Waals surface area contributed by atoms with E-state index in [4.69, 9.17) is 14.2 Å². The van der Waals surface area contributed by atoms with E-state index >= 15 is 0 Å². The van der Waals surface area contributed by atoms with Gasteiger partial charge in [0.25, 0.3) is 0 Å². The fraction of sp³-hybridized carbons (Fsp3) is 0.480. The lowest BCUT2D eigenvalue weighted by Crippen LogP contribution is -2.52.